The van der Waals surface area contributed by atoms with Gasteiger partial charge in [-0.05, 0) is 0 Å². The molecule has 9 heavy (non-hydrogen) atoms. The molecule has 56 valence electrons. The van der Waals surface area contributed by atoms with Gasteiger partial charge in [0.2, 0.25) is 0 Å². The third-order valence-corrected chi connectivity index (χ3v) is 0.316. The second kappa shape index (κ2) is 23.0. The first kappa shape index (κ1) is 32.3. The summed E-state index contributed by atoms with van der Waals surface area (Å²) in [6, 6.07) is 0. The Morgan fingerprint density at radius 2 is 1.33 bits per heavy atom. The van der Waals surface area contributed by atoms with Gasteiger partial charge in [-0.2, -0.15) is 0 Å². The summed E-state index contributed by atoms with van der Waals surface area (Å²) >= 11 is 0. The molecule has 6 heteroatoms. The van der Waals surface area contributed by atoms with Gasteiger partial charge in [-0.1, -0.05) is 0 Å². The molecule has 2 nitrogen and oxygen atoms in total. The number of hydrogen-bond donors (Lipinski definition) is 1. The Morgan fingerprint density at radius 1 is 1.22 bits per heavy atom. The average Bonchev–Trinajstić information content (AvgIpc) is 0.722. The van der Waals surface area contributed by atoms with Crippen LogP contribution in [0.1, 0.15) is 0 Å². The summed E-state index contributed by atoms with van der Waals surface area (Å²) in [7, 11) is 0. The van der Waals surface area contributed by atoms with E-state index in [4.69, 9.17) is 0 Å². The smallest absolute Gasteiger partial charge is 0.535 e. The van der Waals surface area contributed by atoms with Gasteiger partial charge in [0.25, 0.3) is 0 Å². The molecule has 0 spiro atoms. The van der Waals surface area contributed by atoms with Crippen LogP contribution in [-0.2, 0) is 21.7 Å². The van der Waals surface area contributed by atoms with Gasteiger partial charge in [0.05, 0.1) is 0 Å². The van der Waals surface area contributed by atoms with Crippen LogP contribution in [0.3, 0.4) is 0 Å². The van der Waals surface area contributed by atoms with E-state index in [-0.39, 0.29) is 66.4 Å². The van der Waals surface area contributed by atoms with Gasteiger partial charge < -0.3 is 17.7 Å². The van der Waals surface area contributed by atoms with Gasteiger partial charge in [-0.3, -0.25) is 6.34 Å². The Labute approximate surface area is 89.4 Å². The van der Waals surface area contributed by atoms with E-state index in [0.717, 1.165) is 6.67 Å². The first-order valence-electron chi connectivity index (χ1n) is 1.14. The standard InChI is InChI=1S/C2H3N2.CH3.3ClH.Ti/c1-3-2-4-1;;;;;/h1H2,(H,3,4);1H3;3*1H;/q2*-1;;;;+2. The molecule has 1 rings (SSSR count). The zero-order valence-corrected chi connectivity index (χ0v) is 8.89. The van der Waals surface area contributed by atoms with E-state index in [1.807, 2.05) is 0 Å². The minimum Gasteiger partial charge on any atom is -0.535 e. The molecule has 0 atom stereocenters. The van der Waals surface area contributed by atoms with Crippen molar-refractivity contribution in [1.29, 1.82) is 0 Å². The van der Waals surface area contributed by atoms with Crippen molar-refractivity contribution < 1.29 is 21.7 Å². The van der Waals surface area contributed by atoms with Crippen molar-refractivity contribution in [3.63, 3.8) is 0 Å². The van der Waals surface area contributed by atoms with E-state index in [2.05, 4.69) is 16.6 Å². The quantitative estimate of drug-likeness (QED) is 0.487. The fourth-order valence-electron chi connectivity index (χ4n) is 0.0791. The summed E-state index contributed by atoms with van der Waals surface area (Å²) in [6.07, 6.45) is 2.49. The number of nitrogens with one attached hydrogen (secondary N) is 1. The fourth-order valence-corrected chi connectivity index (χ4v) is 0.0791. The third kappa shape index (κ3) is 17.6. The molecule has 0 fully saturated rings. The maximum absolute atomic E-state index is 3.56. The topological polar surface area (TPSA) is 24.4 Å². The van der Waals surface area contributed by atoms with Crippen molar-refractivity contribution in [3.8, 4) is 0 Å². The Morgan fingerprint density at radius 3 is 1.33 bits per heavy atom. The molecule has 1 aliphatic rings. The molecule has 0 aromatic carbocycles. The van der Waals surface area contributed by atoms with E-state index in [1.165, 1.54) is 0 Å². The van der Waals surface area contributed by atoms with E-state index in [0.29, 0.717) is 0 Å². The molecule has 0 unspecified atom stereocenters. The summed E-state index contributed by atoms with van der Waals surface area (Å²) in [5.74, 6) is 0. The number of rotatable bonds is 0. The second-order valence-corrected chi connectivity index (χ2v) is 0.605. The molecule has 0 bridgehead atoms. The van der Waals surface area contributed by atoms with Crippen LogP contribution in [0.15, 0.2) is 4.99 Å². The Kier molecular flexibility index (Phi) is 82.4. The van der Waals surface area contributed by atoms with Crippen LogP contribution in [0.2, 0.25) is 0 Å². The van der Waals surface area contributed by atoms with Crippen LogP contribution in [0.5, 0.6) is 0 Å². The Balaban J connectivity index is -0.0000000107. The van der Waals surface area contributed by atoms with Gasteiger partial charge in [0, 0.05) is 6.67 Å². The molecular formula is C3H9Cl3N2Ti. The summed E-state index contributed by atoms with van der Waals surface area (Å²) in [5, 5.41) is 2.69. The maximum Gasteiger partial charge on any atom is 2.00 e. The predicted octanol–water partition coefficient (Wildman–Crippen LogP) is 1.17. The molecule has 0 saturated carbocycles. The van der Waals surface area contributed by atoms with Crippen LogP contribution >= 0.6 is 37.2 Å². The number of halogens is 3. The summed E-state index contributed by atoms with van der Waals surface area (Å²) < 4.78 is 0. The number of hydrogen-bond acceptors (Lipinski definition) is 2. The van der Waals surface area contributed by atoms with E-state index >= 15 is 0 Å². The second-order valence-electron chi connectivity index (χ2n) is 0.605. The molecule has 0 radical (unpaired) electrons. The van der Waals surface area contributed by atoms with Crippen LogP contribution in [0.4, 0.5) is 0 Å². The van der Waals surface area contributed by atoms with Crippen LogP contribution in [0.25, 0.3) is 0 Å². The van der Waals surface area contributed by atoms with Gasteiger partial charge >= 0.3 is 21.7 Å². The van der Waals surface area contributed by atoms with Crippen LogP contribution < -0.4 is 5.32 Å². The molecule has 0 aromatic rings. The van der Waals surface area contributed by atoms with Crippen molar-refractivity contribution in [2.45, 2.75) is 0 Å². The number of aliphatic imine (C=N–C) groups is 1. The Hall–Kier alpha value is 1.05. The predicted molar refractivity (Wildman–Crippen MR) is 43.6 cm³/mol. The normalized spacial score (nSPS) is 8.00. The molecule has 1 heterocycles. The molecule has 1 N–H and O–H groups in total. The van der Waals surface area contributed by atoms with Crippen molar-refractivity contribution >= 4 is 43.6 Å². The largest absolute Gasteiger partial charge is 2.00 e. The van der Waals surface area contributed by atoms with Crippen molar-refractivity contribution in [2.24, 2.45) is 4.99 Å². The van der Waals surface area contributed by atoms with Crippen molar-refractivity contribution in [3.05, 3.63) is 7.43 Å². The third-order valence-electron chi connectivity index (χ3n) is 0.316. The molecule has 0 saturated heterocycles. The van der Waals surface area contributed by atoms with Gasteiger partial charge in [-0.15, -0.1) is 37.2 Å². The van der Waals surface area contributed by atoms with E-state index in [1.54, 1.807) is 0 Å². The summed E-state index contributed by atoms with van der Waals surface area (Å²) in [5.41, 5.74) is 0. The monoisotopic (exact) mass is 226 g/mol. The first-order valence-corrected chi connectivity index (χ1v) is 1.14. The molecule has 0 amide bonds. The van der Waals surface area contributed by atoms with Gasteiger partial charge in [0.15, 0.2) is 0 Å². The number of nitrogens with zero attached hydrogens (tertiary/aromatic N) is 1. The zero-order chi connectivity index (χ0) is 2.83. The molecule has 1 aliphatic heterocycles. The van der Waals surface area contributed by atoms with Gasteiger partial charge in [-0.25, -0.2) is 0 Å². The molecule has 0 aromatic heterocycles. The minimum absolute atomic E-state index is 0. The molecular weight excluding hydrogens is 218 g/mol. The van der Waals surface area contributed by atoms with Crippen LogP contribution in [-0.4, -0.2) is 13.0 Å². The Bertz CT molecular complexity index is 46.3. The molecule has 0 aliphatic carbocycles. The van der Waals surface area contributed by atoms with Gasteiger partial charge in [0.1, 0.15) is 0 Å². The maximum atomic E-state index is 3.56. The summed E-state index contributed by atoms with van der Waals surface area (Å²) in [4.78, 5) is 3.56. The minimum atomic E-state index is 0. The van der Waals surface area contributed by atoms with Crippen molar-refractivity contribution in [2.75, 3.05) is 6.67 Å². The van der Waals surface area contributed by atoms with Crippen molar-refractivity contribution in [1.82, 2.24) is 5.32 Å². The SMILES string of the molecule is Cl.Cl.Cl.[C-]1=NCN1.[CH3-].[Ti+2]. The summed E-state index contributed by atoms with van der Waals surface area (Å²) in [6.45, 7) is 0.764. The van der Waals surface area contributed by atoms with E-state index < -0.39 is 0 Å². The van der Waals surface area contributed by atoms with Crippen LogP contribution in [0, 0.1) is 7.43 Å². The average molecular weight is 227 g/mol. The zero-order valence-electron chi connectivity index (χ0n) is 4.88. The van der Waals surface area contributed by atoms with E-state index in [9.17, 15) is 0 Å². The first-order chi connectivity index (χ1) is 2.00. The fraction of sp³-hybridized carbons (Fsp3) is 0.333.